The van der Waals surface area contributed by atoms with Crippen molar-refractivity contribution in [3.8, 4) is 5.75 Å². The first kappa shape index (κ1) is 33.6. The summed E-state index contributed by atoms with van der Waals surface area (Å²) in [5.41, 5.74) is 2.68. The number of carbonyl (C=O) groups excluding carboxylic acids is 2. The van der Waals surface area contributed by atoms with Crippen LogP contribution in [0.2, 0.25) is 0 Å². The van der Waals surface area contributed by atoms with E-state index in [0.29, 0.717) is 44.9 Å². The highest BCUT2D eigenvalue weighted by molar-refractivity contribution is 7.89. The Morgan fingerprint density at radius 3 is 2.26 bits per heavy atom. The van der Waals surface area contributed by atoms with E-state index in [-0.39, 0.29) is 35.7 Å². The zero-order valence-electron chi connectivity index (χ0n) is 26.4. The van der Waals surface area contributed by atoms with E-state index in [9.17, 15) is 18.0 Å². The Balaban J connectivity index is 1.32. The molecule has 10 nitrogen and oxygen atoms in total. The molecule has 0 aromatic heterocycles. The molecule has 246 valence electrons. The monoisotopic (exact) mass is 648 g/mol. The van der Waals surface area contributed by atoms with Gasteiger partial charge < -0.3 is 19.7 Å². The largest absolute Gasteiger partial charge is 0.497 e. The lowest BCUT2D eigenvalue weighted by Gasteiger charge is -2.32. The van der Waals surface area contributed by atoms with Crippen LogP contribution in [0.15, 0.2) is 83.8 Å². The van der Waals surface area contributed by atoms with Gasteiger partial charge in [-0.1, -0.05) is 54.6 Å². The molecule has 1 heterocycles. The van der Waals surface area contributed by atoms with Gasteiger partial charge in [-0.2, -0.15) is 0 Å². The van der Waals surface area contributed by atoms with Crippen molar-refractivity contribution in [3.05, 3.63) is 95.6 Å². The SMILES string of the molecule is COc1ccc(CN(C(=O)CCc2ccc(S(=O)(=O)NC3CC3)cc2)[C@H](Cc2ccccc2)C(=O)NCCN2CCOCC2)cc1. The lowest BCUT2D eigenvalue weighted by atomic mass is 10.0. The van der Waals surface area contributed by atoms with Gasteiger partial charge in [0.2, 0.25) is 21.8 Å². The van der Waals surface area contributed by atoms with E-state index in [0.717, 1.165) is 42.6 Å². The van der Waals surface area contributed by atoms with Crippen molar-refractivity contribution < 1.29 is 27.5 Å². The van der Waals surface area contributed by atoms with Crippen molar-refractivity contribution >= 4 is 21.8 Å². The molecule has 0 bridgehead atoms. The molecular weight excluding hydrogens is 604 g/mol. The number of ether oxygens (including phenoxy) is 2. The summed E-state index contributed by atoms with van der Waals surface area (Å²) in [7, 11) is -1.95. The quantitative estimate of drug-likeness (QED) is 0.245. The normalized spacial score (nSPS) is 16.0. The van der Waals surface area contributed by atoms with Crippen LogP contribution < -0.4 is 14.8 Å². The minimum Gasteiger partial charge on any atom is -0.497 e. The van der Waals surface area contributed by atoms with Gasteiger partial charge in [0.15, 0.2) is 0 Å². The van der Waals surface area contributed by atoms with Gasteiger partial charge >= 0.3 is 0 Å². The molecule has 3 aromatic rings. The highest BCUT2D eigenvalue weighted by Gasteiger charge is 2.31. The summed E-state index contributed by atoms with van der Waals surface area (Å²) in [6.45, 7) is 4.46. The van der Waals surface area contributed by atoms with E-state index >= 15 is 0 Å². The molecular formula is C35H44N4O6S. The van der Waals surface area contributed by atoms with Crippen LogP contribution in [0.5, 0.6) is 5.75 Å². The van der Waals surface area contributed by atoms with E-state index in [1.54, 1.807) is 36.3 Å². The summed E-state index contributed by atoms with van der Waals surface area (Å²) in [6, 6.07) is 23.2. The van der Waals surface area contributed by atoms with Gasteiger partial charge in [-0.3, -0.25) is 14.5 Å². The Morgan fingerprint density at radius 1 is 0.935 bits per heavy atom. The Bertz CT molecular complexity index is 1520. The first-order valence-corrected chi connectivity index (χ1v) is 17.4. The van der Waals surface area contributed by atoms with Crippen LogP contribution in [0.1, 0.15) is 36.0 Å². The third kappa shape index (κ3) is 9.86. The topological polar surface area (TPSA) is 117 Å². The molecule has 46 heavy (non-hydrogen) atoms. The zero-order chi connectivity index (χ0) is 32.4. The number of hydrogen-bond acceptors (Lipinski definition) is 7. The lowest BCUT2D eigenvalue weighted by molar-refractivity contribution is -0.141. The minimum absolute atomic E-state index is 0.0272. The molecule has 1 aliphatic carbocycles. The summed E-state index contributed by atoms with van der Waals surface area (Å²) < 4.78 is 38.6. The van der Waals surface area contributed by atoms with Gasteiger partial charge in [-0.05, 0) is 60.2 Å². The predicted molar refractivity (Wildman–Crippen MR) is 176 cm³/mol. The number of amides is 2. The number of carbonyl (C=O) groups is 2. The minimum atomic E-state index is -3.55. The molecule has 2 fully saturated rings. The van der Waals surface area contributed by atoms with Crippen molar-refractivity contribution in [1.29, 1.82) is 0 Å². The number of aryl methyl sites for hydroxylation is 1. The average molecular weight is 649 g/mol. The summed E-state index contributed by atoms with van der Waals surface area (Å²) in [5.74, 6) is 0.352. The van der Waals surface area contributed by atoms with Gasteiger partial charge in [-0.15, -0.1) is 0 Å². The number of nitrogens with one attached hydrogen (secondary N) is 2. The maximum atomic E-state index is 14.0. The van der Waals surface area contributed by atoms with Crippen molar-refractivity contribution in [2.45, 2.75) is 55.6 Å². The smallest absolute Gasteiger partial charge is 0.243 e. The Morgan fingerprint density at radius 2 is 1.61 bits per heavy atom. The number of nitrogens with zero attached hydrogens (tertiary/aromatic N) is 2. The number of sulfonamides is 1. The Labute approximate surface area is 272 Å². The highest BCUT2D eigenvalue weighted by atomic mass is 32.2. The fourth-order valence-corrected chi connectivity index (χ4v) is 6.79. The van der Waals surface area contributed by atoms with Crippen LogP contribution in [0.25, 0.3) is 0 Å². The van der Waals surface area contributed by atoms with Crippen LogP contribution in [0, 0.1) is 0 Å². The molecule has 1 aliphatic heterocycles. The van der Waals surface area contributed by atoms with E-state index < -0.39 is 16.1 Å². The van der Waals surface area contributed by atoms with E-state index in [1.165, 1.54) is 0 Å². The van der Waals surface area contributed by atoms with Crippen LogP contribution in [-0.4, -0.2) is 88.6 Å². The van der Waals surface area contributed by atoms with E-state index in [1.807, 2.05) is 54.6 Å². The first-order chi connectivity index (χ1) is 22.3. The molecule has 1 atom stereocenters. The van der Waals surface area contributed by atoms with Gasteiger partial charge in [-0.25, -0.2) is 13.1 Å². The highest BCUT2D eigenvalue weighted by Crippen LogP contribution is 2.23. The summed E-state index contributed by atoms with van der Waals surface area (Å²) >= 11 is 0. The third-order valence-corrected chi connectivity index (χ3v) is 9.91. The Hall–Kier alpha value is -3.77. The zero-order valence-corrected chi connectivity index (χ0v) is 27.2. The predicted octanol–water partition coefficient (Wildman–Crippen LogP) is 3.16. The molecule has 2 N–H and O–H groups in total. The fraction of sp³-hybridized carbons (Fsp3) is 0.429. The second kappa shape index (κ2) is 16.2. The van der Waals surface area contributed by atoms with Crippen LogP contribution in [0.3, 0.4) is 0 Å². The van der Waals surface area contributed by atoms with E-state index in [2.05, 4.69) is 14.9 Å². The van der Waals surface area contributed by atoms with Gasteiger partial charge in [0, 0.05) is 51.6 Å². The standard InChI is InChI=1S/C35H44N4O6S/c1-44-31-14-7-29(8-15-31)26-39(34(40)18-11-27-9-16-32(17-10-27)46(42,43)37-30-12-13-30)33(25-28-5-3-2-4-6-28)35(41)36-19-20-38-21-23-45-24-22-38/h2-10,14-17,30,33,37H,11-13,18-26H2,1H3,(H,36,41)/t33-/m1/s1. The number of hydrogen-bond donors (Lipinski definition) is 2. The maximum Gasteiger partial charge on any atom is 0.243 e. The van der Waals surface area contributed by atoms with Crippen LogP contribution >= 0.6 is 0 Å². The molecule has 0 spiro atoms. The summed E-state index contributed by atoms with van der Waals surface area (Å²) in [4.78, 5) is 32.1. The van der Waals surface area contributed by atoms with Crippen LogP contribution in [-0.2, 0) is 43.7 Å². The lowest BCUT2D eigenvalue weighted by Crippen LogP contribution is -2.52. The average Bonchev–Trinajstić information content (AvgIpc) is 3.90. The van der Waals surface area contributed by atoms with Gasteiger partial charge in [0.05, 0.1) is 25.2 Å². The summed E-state index contributed by atoms with van der Waals surface area (Å²) in [6.07, 6.45) is 2.67. The third-order valence-electron chi connectivity index (χ3n) is 8.37. The fourth-order valence-electron chi connectivity index (χ4n) is 5.48. The number of benzene rings is 3. The molecule has 3 aromatic carbocycles. The van der Waals surface area contributed by atoms with Crippen molar-refractivity contribution in [3.63, 3.8) is 0 Å². The molecule has 0 radical (unpaired) electrons. The molecule has 0 unspecified atom stereocenters. The van der Waals surface area contributed by atoms with Crippen molar-refractivity contribution in [2.75, 3.05) is 46.5 Å². The number of morpholine rings is 1. The van der Waals surface area contributed by atoms with E-state index in [4.69, 9.17) is 9.47 Å². The van der Waals surface area contributed by atoms with Crippen molar-refractivity contribution in [2.24, 2.45) is 0 Å². The molecule has 2 amide bonds. The maximum absolute atomic E-state index is 14.0. The molecule has 1 saturated carbocycles. The number of methoxy groups -OCH3 is 1. The van der Waals surface area contributed by atoms with Crippen LogP contribution in [0.4, 0.5) is 0 Å². The Kier molecular flexibility index (Phi) is 11.8. The molecule has 11 heteroatoms. The van der Waals surface area contributed by atoms with Gasteiger partial charge in [0.25, 0.3) is 0 Å². The summed E-state index contributed by atoms with van der Waals surface area (Å²) in [5, 5.41) is 3.10. The molecule has 1 saturated heterocycles. The first-order valence-electron chi connectivity index (χ1n) is 16.0. The second-order valence-corrected chi connectivity index (χ2v) is 13.6. The number of rotatable bonds is 16. The van der Waals surface area contributed by atoms with Gasteiger partial charge in [0.1, 0.15) is 11.8 Å². The van der Waals surface area contributed by atoms with Crippen molar-refractivity contribution in [1.82, 2.24) is 19.8 Å². The molecule has 5 rings (SSSR count). The molecule has 2 aliphatic rings. The second-order valence-electron chi connectivity index (χ2n) is 11.9.